The zero-order chi connectivity index (χ0) is 29.2. The molecule has 1 rings (SSSR count). The van der Waals surface area contributed by atoms with Gasteiger partial charge in [-0.2, -0.15) is 0 Å². The Morgan fingerprint density at radius 2 is 1.71 bits per heavy atom. The number of ether oxygens (including phenoxy) is 2. The summed E-state index contributed by atoms with van der Waals surface area (Å²) in [6, 6.07) is -0.872. The summed E-state index contributed by atoms with van der Waals surface area (Å²) in [6.07, 6.45) is 2.48. The molecule has 7 atom stereocenters. The molecule has 0 spiro atoms. The molecule has 7 unspecified atom stereocenters. The number of likely N-dealkylation sites (tertiary alicyclic amines) is 1. The zero-order valence-corrected chi connectivity index (χ0v) is 25.2. The van der Waals surface area contributed by atoms with Crippen molar-refractivity contribution in [3.8, 4) is 0 Å². The number of carbonyl (C=O) groups is 4. The maximum absolute atomic E-state index is 13.5. The van der Waals surface area contributed by atoms with E-state index in [0.29, 0.717) is 6.54 Å². The SMILES string of the molecule is CCC(C)C(C(CC(=O)N1CCCC1C(OC)C(C)C=O)OC)N(C)C(=O)CNC(=O)C(C(C)C)N(C)C. The first-order chi connectivity index (χ1) is 17.9. The van der Waals surface area contributed by atoms with Crippen LogP contribution >= 0.6 is 0 Å². The minimum atomic E-state index is -0.530. The lowest BCUT2D eigenvalue weighted by Crippen LogP contribution is -2.55. The highest BCUT2D eigenvalue weighted by Crippen LogP contribution is 2.28. The summed E-state index contributed by atoms with van der Waals surface area (Å²) in [5, 5.41) is 2.79. The van der Waals surface area contributed by atoms with Crippen LogP contribution in [0, 0.1) is 17.8 Å². The standard InChI is InChI=1S/C28H52N4O6/c1-11-19(4)26(31(8)24(35)16-29-28(36)25(18(2)3)30(6)7)22(37-9)15-23(34)32-14-12-13-21(32)27(38-10)20(5)17-33/h17-22,25-27H,11-16H2,1-10H3,(H,29,36). The molecule has 0 aromatic carbocycles. The molecule has 1 aliphatic heterocycles. The summed E-state index contributed by atoms with van der Waals surface area (Å²) in [6.45, 7) is 10.3. The third-order valence-electron chi connectivity index (χ3n) is 8.00. The van der Waals surface area contributed by atoms with Gasteiger partial charge in [0.15, 0.2) is 0 Å². The number of nitrogens with zero attached hydrogens (tertiary/aromatic N) is 3. The Kier molecular flexibility index (Phi) is 14.4. The Hall–Kier alpha value is -2.04. The maximum Gasteiger partial charge on any atom is 0.242 e. The summed E-state index contributed by atoms with van der Waals surface area (Å²) in [5.74, 6) is -0.686. The van der Waals surface area contributed by atoms with Crippen molar-refractivity contribution in [2.24, 2.45) is 17.8 Å². The van der Waals surface area contributed by atoms with Crippen LogP contribution in [0.25, 0.3) is 0 Å². The van der Waals surface area contributed by atoms with Gasteiger partial charge in [-0.05, 0) is 38.8 Å². The molecule has 10 heteroatoms. The van der Waals surface area contributed by atoms with E-state index in [-0.39, 0.29) is 72.7 Å². The predicted molar refractivity (Wildman–Crippen MR) is 148 cm³/mol. The number of hydrogen-bond donors (Lipinski definition) is 1. The van der Waals surface area contributed by atoms with Crippen LogP contribution in [0.2, 0.25) is 0 Å². The van der Waals surface area contributed by atoms with Gasteiger partial charge < -0.3 is 29.4 Å². The zero-order valence-electron chi connectivity index (χ0n) is 25.2. The van der Waals surface area contributed by atoms with Crippen molar-refractivity contribution in [2.45, 2.75) is 90.6 Å². The first-order valence-corrected chi connectivity index (χ1v) is 13.9. The molecule has 1 saturated heterocycles. The topological polar surface area (TPSA) is 108 Å². The van der Waals surface area contributed by atoms with E-state index in [1.54, 1.807) is 33.1 Å². The molecule has 3 amide bonds. The van der Waals surface area contributed by atoms with E-state index >= 15 is 0 Å². The highest BCUT2D eigenvalue weighted by Gasteiger charge is 2.40. The fourth-order valence-corrected chi connectivity index (χ4v) is 5.81. The van der Waals surface area contributed by atoms with Crippen LogP contribution in [-0.2, 0) is 28.7 Å². The fourth-order valence-electron chi connectivity index (χ4n) is 5.81. The number of aldehydes is 1. The molecule has 0 bridgehead atoms. The molecule has 220 valence electrons. The van der Waals surface area contributed by atoms with Gasteiger partial charge >= 0.3 is 0 Å². The lowest BCUT2D eigenvalue weighted by molar-refractivity contribution is -0.145. The van der Waals surface area contributed by atoms with Crippen LogP contribution < -0.4 is 5.32 Å². The molecule has 0 aromatic rings. The Bertz CT molecular complexity index is 768. The lowest BCUT2D eigenvalue weighted by atomic mass is 9.90. The number of likely N-dealkylation sites (N-methyl/N-ethyl adjacent to an activating group) is 2. The van der Waals surface area contributed by atoms with Crippen molar-refractivity contribution in [2.75, 3.05) is 48.5 Å². The van der Waals surface area contributed by atoms with Gasteiger partial charge in [0.05, 0.1) is 43.3 Å². The first kappa shape index (κ1) is 34.0. The molecule has 0 saturated carbocycles. The second kappa shape index (κ2) is 16.2. The minimum absolute atomic E-state index is 0.0544. The summed E-state index contributed by atoms with van der Waals surface area (Å²) >= 11 is 0. The maximum atomic E-state index is 13.5. The average Bonchev–Trinajstić information content (AvgIpc) is 3.35. The highest BCUT2D eigenvalue weighted by atomic mass is 16.5. The second-order valence-corrected chi connectivity index (χ2v) is 11.2. The Balaban J connectivity index is 3.02. The van der Waals surface area contributed by atoms with E-state index in [1.807, 2.05) is 51.6 Å². The van der Waals surface area contributed by atoms with E-state index in [0.717, 1.165) is 25.5 Å². The smallest absolute Gasteiger partial charge is 0.242 e. The average molecular weight is 541 g/mol. The monoisotopic (exact) mass is 540 g/mol. The number of rotatable bonds is 16. The first-order valence-electron chi connectivity index (χ1n) is 13.9. The summed E-state index contributed by atoms with van der Waals surface area (Å²) < 4.78 is 11.4. The van der Waals surface area contributed by atoms with Gasteiger partial charge in [-0.15, -0.1) is 0 Å². The second-order valence-electron chi connectivity index (χ2n) is 11.2. The molecular formula is C28H52N4O6. The van der Waals surface area contributed by atoms with Crippen molar-refractivity contribution >= 4 is 24.0 Å². The fraction of sp³-hybridized carbons (Fsp3) is 0.857. The number of nitrogens with one attached hydrogen (secondary N) is 1. The van der Waals surface area contributed by atoms with Crippen molar-refractivity contribution in [1.82, 2.24) is 20.0 Å². The molecule has 1 fully saturated rings. The molecule has 0 aromatic heterocycles. The molecule has 0 aliphatic carbocycles. The van der Waals surface area contributed by atoms with Crippen molar-refractivity contribution in [1.29, 1.82) is 0 Å². The van der Waals surface area contributed by atoms with Crippen LogP contribution in [0.1, 0.15) is 60.3 Å². The third-order valence-corrected chi connectivity index (χ3v) is 8.00. The van der Waals surface area contributed by atoms with Crippen molar-refractivity contribution in [3.05, 3.63) is 0 Å². The van der Waals surface area contributed by atoms with Crippen molar-refractivity contribution < 1.29 is 28.7 Å². The Morgan fingerprint density at radius 1 is 1.08 bits per heavy atom. The molecule has 38 heavy (non-hydrogen) atoms. The van der Waals surface area contributed by atoms with Gasteiger partial charge in [-0.1, -0.05) is 41.0 Å². The quantitative estimate of drug-likeness (QED) is 0.298. The van der Waals surface area contributed by atoms with E-state index in [4.69, 9.17) is 9.47 Å². The Labute approximate surface area is 229 Å². The number of amides is 3. The molecule has 1 aliphatic rings. The van der Waals surface area contributed by atoms with Gasteiger partial charge in [0.25, 0.3) is 0 Å². The summed E-state index contributed by atoms with van der Waals surface area (Å²) in [4.78, 5) is 56.2. The molecule has 10 nitrogen and oxygen atoms in total. The van der Waals surface area contributed by atoms with Gasteiger partial charge in [0.1, 0.15) is 6.29 Å². The number of methoxy groups -OCH3 is 2. The van der Waals surface area contributed by atoms with Gasteiger partial charge in [0.2, 0.25) is 17.7 Å². The van der Waals surface area contributed by atoms with Crippen LogP contribution in [0.15, 0.2) is 0 Å². The van der Waals surface area contributed by atoms with E-state index in [2.05, 4.69) is 5.32 Å². The molecule has 1 N–H and O–H groups in total. The van der Waals surface area contributed by atoms with Crippen LogP contribution in [0.4, 0.5) is 0 Å². The van der Waals surface area contributed by atoms with E-state index in [9.17, 15) is 19.2 Å². The Morgan fingerprint density at radius 3 is 2.18 bits per heavy atom. The minimum Gasteiger partial charge on any atom is -0.379 e. The van der Waals surface area contributed by atoms with Crippen LogP contribution in [-0.4, -0.2) is 117 Å². The highest BCUT2D eigenvalue weighted by molar-refractivity contribution is 5.87. The van der Waals surface area contributed by atoms with Crippen LogP contribution in [0.3, 0.4) is 0 Å². The number of hydrogen-bond acceptors (Lipinski definition) is 7. The lowest BCUT2D eigenvalue weighted by Gasteiger charge is -2.39. The molecule has 1 heterocycles. The van der Waals surface area contributed by atoms with E-state index in [1.165, 1.54) is 0 Å². The van der Waals surface area contributed by atoms with Gasteiger partial charge in [0, 0.05) is 33.7 Å². The third kappa shape index (κ3) is 8.74. The summed E-state index contributed by atoms with van der Waals surface area (Å²) in [5.41, 5.74) is 0. The van der Waals surface area contributed by atoms with Gasteiger partial charge in [-0.3, -0.25) is 19.3 Å². The largest absolute Gasteiger partial charge is 0.379 e. The normalized spacial score (nSPS) is 20.5. The van der Waals surface area contributed by atoms with Gasteiger partial charge in [-0.25, -0.2) is 0 Å². The number of carbonyl (C=O) groups excluding carboxylic acids is 4. The molecule has 0 radical (unpaired) electrons. The summed E-state index contributed by atoms with van der Waals surface area (Å²) in [7, 11) is 8.53. The van der Waals surface area contributed by atoms with Crippen LogP contribution in [0.5, 0.6) is 0 Å². The van der Waals surface area contributed by atoms with E-state index < -0.39 is 6.10 Å². The molecular weight excluding hydrogens is 488 g/mol. The predicted octanol–water partition coefficient (Wildman–Crippen LogP) is 1.81. The van der Waals surface area contributed by atoms with Crippen molar-refractivity contribution in [3.63, 3.8) is 0 Å².